The van der Waals surface area contributed by atoms with Crippen LogP contribution in [-0.4, -0.2) is 61.9 Å². The van der Waals surface area contributed by atoms with E-state index < -0.39 is 14.9 Å². The van der Waals surface area contributed by atoms with Gasteiger partial charge >= 0.3 is 0 Å². The molecule has 150 valence electrons. The molecule has 9 heteroatoms. The number of hydrogen-bond donors (Lipinski definition) is 0. The van der Waals surface area contributed by atoms with Gasteiger partial charge in [0.2, 0.25) is 10.0 Å². The van der Waals surface area contributed by atoms with E-state index in [2.05, 4.69) is 4.90 Å². The maximum Gasteiger partial charge on any atom is 0.270 e. The molecule has 1 heterocycles. The molecule has 1 saturated heterocycles. The molecule has 0 aliphatic carbocycles. The van der Waals surface area contributed by atoms with Crippen molar-refractivity contribution in [2.24, 2.45) is 0 Å². The largest absolute Gasteiger partial charge is 0.492 e. The highest BCUT2D eigenvalue weighted by Gasteiger charge is 2.29. The van der Waals surface area contributed by atoms with Gasteiger partial charge in [-0.15, -0.1) is 0 Å². The van der Waals surface area contributed by atoms with Crippen LogP contribution in [0.1, 0.15) is 5.56 Å². The van der Waals surface area contributed by atoms with Crippen molar-refractivity contribution in [3.63, 3.8) is 0 Å². The number of rotatable bonds is 7. The lowest BCUT2D eigenvalue weighted by molar-refractivity contribution is -0.385. The van der Waals surface area contributed by atoms with Gasteiger partial charge in [0, 0.05) is 44.9 Å². The van der Waals surface area contributed by atoms with Gasteiger partial charge in [0.15, 0.2) is 0 Å². The fourth-order valence-corrected chi connectivity index (χ4v) is 4.57. The number of piperazine rings is 1. The summed E-state index contributed by atoms with van der Waals surface area (Å²) in [7, 11) is -3.74. The third-order valence-electron chi connectivity index (χ3n) is 4.76. The minimum atomic E-state index is -3.74. The molecule has 1 aliphatic rings. The molecule has 0 amide bonds. The summed E-state index contributed by atoms with van der Waals surface area (Å²) in [5.74, 6) is 0.856. The second-order valence-electron chi connectivity index (χ2n) is 6.61. The maximum atomic E-state index is 12.8. The van der Waals surface area contributed by atoms with Gasteiger partial charge in [-0.25, -0.2) is 8.42 Å². The highest BCUT2D eigenvalue weighted by molar-refractivity contribution is 7.89. The second-order valence-corrected chi connectivity index (χ2v) is 8.55. The Morgan fingerprint density at radius 2 is 1.79 bits per heavy atom. The first kappa shape index (κ1) is 20.2. The second kappa shape index (κ2) is 8.68. The Labute approximate surface area is 164 Å². The highest BCUT2D eigenvalue weighted by Crippen LogP contribution is 2.22. The molecule has 2 aromatic carbocycles. The Morgan fingerprint density at radius 3 is 2.46 bits per heavy atom. The number of hydrogen-bond acceptors (Lipinski definition) is 6. The average Bonchev–Trinajstić information content (AvgIpc) is 2.70. The van der Waals surface area contributed by atoms with Gasteiger partial charge < -0.3 is 4.74 Å². The topological polar surface area (TPSA) is 93.0 Å². The molecule has 0 N–H and O–H groups in total. The summed E-state index contributed by atoms with van der Waals surface area (Å²) in [6, 6.07) is 13.0. The molecule has 1 fully saturated rings. The zero-order valence-corrected chi connectivity index (χ0v) is 16.5. The number of nitrogens with zero attached hydrogens (tertiary/aromatic N) is 3. The summed E-state index contributed by atoms with van der Waals surface area (Å²) in [6.45, 7) is 5.09. The van der Waals surface area contributed by atoms with Gasteiger partial charge in [-0.2, -0.15) is 4.31 Å². The summed E-state index contributed by atoms with van der Waals surface area (Å²) < 4.78 is 32.7. The molecular formula is C19H23N3O5S. The van der Waals surface area contributed by atoms with Crippen molar-refractivity contribution in [1.29, 1.82) is 0 Å². The van der Waals surface area contributed by atoms with Crippen LogP contribution in [0.3, 0.4) is 0 Å². The fourth-order valence-electron chi connectivity index (χ4n) is 3.10. The Bertz CT molecular complexity index is 940. The van der Waals surface area contributed by atoms with E-state index in [1.807, 2.05) is 31.2 Å². The standard InChI is InChI=1S/C19H23N3O5S/c1-16-5-2-3-8-19(16)27-14-13-20-9-11-21(12-10-20)28(25,26)18-7-4-6-17(15-18)22(23)24/h2-8,15H,9-14H2,1H3. The van der Waals surface area contributed by atoms with Crippen LogP contribution in [0.4, 0.5) is 5.69 Å². The Morgan fingerprint density at radius 1 is 1.07 bits per heavy atom. The van der Waals surface area contributed by atoms with Crippen molar-refractivity contribution in [3.8, 4) is 5.75 Å². The first-order chi connectivity index (χ1) is 13.4. The number of nitro benzene ring substituents is 1. The van der Waals surface area contributed by atoms with Gasteiger partial charge in [0.1, 0.15) is 12.4 Å². The van der Waals surface area contributed by atoms with Crippen LogP contribution in [0.2, 0.25) is 0 Å². The molecule has 0 radical (unpaired) electrons. The van der Waals surface area contributed by atoms with E-state index in [-0.39, 0.29) is 10.6 Å². The minimum Gasteiger partial charge on any atom is -0.492 e. The molecule has 0 atom stereocenters. The molecule has 8 nitrogen and oxygen atoms in total. The van der Waals surface area contributed by atoms with E-state index in [0.29, 0.717) is 39.3 Å². The van der Waals surface area contributed by atoms with Gasteiger partial charge in [-0.3, -0.25) is 15.0 Å². The van der Waals surface area contributed by atoms with Crippen LogP contribution < -0.4 is 4.74 Å². The molecule has 1 aliphatic heterocycles. The van der Waals surface area contributed by atoms with Crippen LogP contribution in [-0.2, 0) is 10.0 Å². The lowest BCUT2D eigenvalue weighted by atomic mass is 10.2. The van der Waals surface area contributed by atoms with Gasteiger partial charge in [-0.1, -0.05) is 24.3 Å². The fraction of sp³-hybridized carbons (Fsp3) is 0.368. The van der Waals surface area contributed by atoms with Crippen molar-refractivity contribution >= 4 is 15.7 Å². The van der Waals surface area contributed by atoms with Crippen molar-refractivity contribution in [2.75, 3.05) is 39.3 Å². The number of sulfonamides is 1. The monoisotopic (exact) mass is 405 g/mol. The van der Waals surface area contributed by atoms with Crippen LogP contribution in [0, 0.1) is 17.0 Å². The van der Waals surface area contributed by atoms with Gasteiger partial charge in [0.05, 0.1) is 9.82 Å². The average molecular weight is 405 g/mol. The van der Waals surface area contributed by atoms with Crippen LogP contribution >= 0.6 is 0 Å². The van der Waals surface area contributed by atoms with E-state index in [4.69, 9.17) is 4.74 Å². The van der Waals surface area contributed by atoms with Crippen LogP contribution in [0.25, 0.3) is 0 Å². The quantitative estimate of drug-likeness (QED) is 0.518. The zero-order chi connectivity index (χ0) is 20.1. The molecule has 0 unspecified atom stereocenters. The third kappa shape index (κ3) is 4.67. The lowest BCUT2D eigenvalue weighted by Gasteiger charge is -2.33. The van der Waals surface area contributed by atoms with Gasteiger partial charge in [0.25, 0.3) is 5.69 Å². The van der Waals surface area contributed by atoms with Crippen LogP contribution in [0.5, 0.6) is 5.75 Å². The van der Waals surface area contributed by atoms with Crippen molar-refractivity contribution in [3.05, 3.63) is 64.2 Å². The predicted molar refractivity (Wildman–Crippen MR) is 105 cm³/mol. The Hall–Kier alpha value is -2.49. The number of benzene rings is 2. The first-order valence-electron chi connectivity index (χ1n) is 9.03. The predicted octanol–water partition coefficient (Wildman–Crippen LogP) is 2.29. The molecule has 3 rings (SSSR count). The van der Waals surface area contributed by atoms with E-state index in [1.165, 1.54) is 22.5 Å². The van der Waals surface area contributed by atoms with E-state index in [9.17, 15) is 18.5 Å². The lowest BCUT2D eigenvalue weighted by Crippen LogP contribution is -2.49. The Kier molecular flexibility index (Phi) is 6.28. The number of ether oxygens (including phenoxy) is 1. The maximum absolute atomic E-state index is 12.8. The van der Waals surface area contributed by atoms with E-state index >= 15 is 0 Å². The first-order valence-corrected chi connectivity index (χ1v) is 10.5. The smallest absolute Gasteiger partial charge is 0.270 e. The number of para-hydroxylation sites is 1. The van der Waals surface area contributed by atoms with Gasteiger partial charge in [-0.05, 0) is 24.6 Å². The van der Waals surface area contributed by atoms with Crippen molar-refractivity contribution < 1.29 is 18.1 Å². The summed E-state index contributed by atoms with van der Waals surface area (Å²) in [5, 5.41) is 10.9. The summed E-state index contributed by atoms with van der Waals surface area (Å²) in [4.78, 5) is 12.4. The molecule has 0 spiro atoms. The number of non-ortho nitro benzene ring substituents is 1. The zero-order valence-electron chi connectivity index (χ0n) is 15.7. The number of nitro groups is 1. The molecule has 28 heavy (non-hydrogen) atoms. The van der Waals surface area contributed by atoms with Crippen molar-refractivity contribution in [1.82, 2.24) is 9.21 Å². The minimum absolute atomic E-state index is 0.0435. The molecule has 2 aromatic rings. The van der Waals surface area contributed by atoms with E-state index in [0.717, 1.165) is 17.4 Å². The summed E-state index contributed by atoms with van der Waals surface area (Å²) >= 11 is 0. The van der Waals surface area contributed by atoms with Crippen LogP contribution in [0.15, 0.2) is 53.4 Å². The Balaban J connectivity index is 1.54. The SMILES string of the molecule is Cc1ccccc1OCCN1CCN(S(=O)(=O)c2cccc([N+](=O)[O-])c2)CC1. The van der Waals surface area contributed by atoms with E-state index in [1.54, 1.807) is 0 Å². The molecule has 0 bridgehead atoms. The molecular weight excluding hydrogens is 382 g/mol. The molecule has 0 saturated carbocycles. The van der Waals surface area contributed by atoms with Crippen molar-refractivity contribution in [2.45, 2.75) is 11.8 Å². The number of aryl methyl sites for hydroxylation is 1. The third-order valence-corrected chi connectivity index (χ3v) is 6.65. The summed E-state index contributed by atoms with van der Waals surface area (Å²) in [5.41, 5.74) is 0.850. The highest BCUT2D eigenvalue weighted by atomic mass is 32.2. The summed E-state index contributed by atoms with van der Waals surface area (Å²) in [6.07, 6.45) is 0. The normalized spacial score (nSPS) is 16.0. The molecule has 0 aromatic heterocycles.